The van der Waals surface area contributed by atoms with Crippen LogP contribution in [0.3, 0.4) is 0 Å². The molecule has 2 bridgehead atoms. The summed E-state index contributed by atoms with van der Waals surface area (Å²) in [6, 6.07) is 0.496. The second kappa shape index (κ2) is 5.06. The van der Waals surface area contributed by atoms with E-state index in [9.17, 15) is 8.42 Å². The van der Waals surface area contributed by atoms with Crippen molar-refractivity contribution in [2.45, 2.75) is 69.8 Å². The van der Waals surface area contributed by atoms with Crippen molar-refractivity contribution in [2.75, 3.05) is 5.75 Å². The molecule has 2 unspecified atom stereocenters. The molecule has 2 aliphatic rings. The summed E-state index contributed by atoms with van der Waals surface area (Å²) in [5.74, 6) is 0.302. The predicted octanol–water partition coefficient (Wildman–Crippen LogP) is 3.14. The van der Waals surface area contributed by atoms with E-state index in [0.29, 0.717) is 10.6 Å². The number of hydrogen-bond donors (Lipinski definition) is 0. The third-order valence-electron chi connectivity index (χ3n) is 4.04. The van der Waals surface area contributed by atoms with Gasteiger partial charge in [0.1, 0.15) is 0 Å². The van der Waals surface area contributed by atoms with Crippen molar-refractivity contribution in [1.82, 2.24) is 4.31 Å². The highest BCUT2D eigenvalue weighted by Gasteiger charge is 2.45. The maximum absolute atomic E-state index is 12.5. The van der Waals surface area contributed by atoms with E-state index in [-0.39, 0.29) is 17.5 Å². The van der Waals surface area contributed by atoms with Crippen LogP contribution in [0.2, 0.25) is 0 Å². The number of sulfonamides is 1. The first-order valence-corrected chi connectivity index (χ1v) is 9.37. The number of fused-ring (bicyclic) bond motifs is 2. The van der Waals surface area contributed by atoms with Crippen molar-refractivity contribution in [2.24, 2.45) is 5.41 Å². The lowest BCUT2D eigenvalue weighted by molar-refractivity contribution is 0.253. The Labute approximate surface area is 119 Å². The lowest BCUT2D eigenvalue weighted by Gasteiger charge is -2.36. The zero-order valence-electron chi connectivity index (χ0n) is 11.5. The first-order valence-electron chi connectivity index (χ1n) is 6.84. The van der Waals surface area contributed by atoms with Crippen molar-refractivity contribution in [3.63, 3.8) is 0 Å². The van der Waals surface area contributed by atoms with Gasteiger partial charge in [0.2, 0.25) is 10.0 Å². The van der Waals surface area contributed by atoms with Gasteiger partial charge in [-0.05, 0) is 37.5 Å². The largest absolute Gasteiger partial charge is 0.214 e. The molecular formula is C13H24BrNO2S. The number of hydrogen-bond acceptors (Lipinski definition) is 2. The summed E-state index contributed by atoms with van der Waals surface area (Å²) in [5.41, 5.74) is 0.0832. The maximum atomic E-state index is 12.5. The van der Waals surface area contributed by atoms with Gasteiger partial charge in [-0.1, -0.05) is 36.7 Å². The van der Waals surface area contributed by atoms with Gasteiger partial charge in [-0.15, -0.1) is 0 Å². The van der Waals surface area contributed by atoms with Crippen LogP contribution in [0.15, 0.2) is 0 Å². The lowest BCUT2D eigenvalue weighted by Crippen LogP contribution is -2.47. The minimum Gasteiger partial charge on any atom is -0.212 e. The van der Waals surface area contributed by atoms with Gasteiger partial charge < -0.3 is 0 Å². The van der Waals surface area contributed by atoms with E-state index in [0.717, 1.165) is 32.1 Å². The molecule has 0 aromatic rings. The normalized spacial score (nSPS) is 33.9. The smallest absolute Gasteiger partial charge is 0.212 e. The van der Waals surface area contributed by atoms with E-state index < -0.39 is 10.0 Å². The second-order valence-electron chi connectivity index (χ2n) is 6.91. The van der Waals surface area contributed by atoms with E-state index in [4.69, 9.17) is 0 Å². The van der Waals surface area contributed by atoms with Crippen LogP contribution in [0, 0.1) is 5.41 Å². The summed E-state index contributed by atoms with van der Waals surface area (Å²) in [5, 5.41) is 0. The predicted molar refractivity (Wildman–Crippen MR) is 78.5 cm³/mol. The van der Waals surface area contributed by atoms with E-state index in [1.807, 2.05) is 4.31 Å². The molecule has 3 nitrogen and oxygen atoms in total. The van der Waals surface area contributed by atoms with Crippen molar-refractivity contribution in [3.8, 4) is 0 Å². The molecule has 2 fully saturated rings. The number of alkyl halides is 1. The van der Waals surface area contributed by atoms with Crippen LogP contribution >= 0.6 is 15.9 Å². The number of rotatable bonds is 3. The fraction of sp³-hybridized carbons (Fsp3) is 1.00. The quantitative estimate of drug-likeness (QED) is 0.742. The highest BCUT2D eigenvalue weighted by molar-refractivity contribution is 9.09. The van der Waals surface area contributed by atoms with Crippen LogP contribution in [-0.4, -0.2) is 35.4 Å². The Morgan fingerprint density at radius 3 is 2.11 bits per heavy atom. The van der Waals surface area contributed by atoms with Crippen molar-refractivity contribution in [1.29, 1.82) is 0 Å². The monoisotopic (exact) mass is 337 g/mol. The number of piperidine rings is 1. The van der Waals surface area contributed by atoms with Crippen molar-refractivity contribution >= 4 is 26.0 Å². The zero-order valence-corrected chi connectivity index (χ0v) is 13.9. The minimum absolute atomic E-state index is 0.0832. The topological polar surface area (TPSA) is 37.4 Å². The molecule has 0 aromatic heterocycles. The third-order valence-corrected chi connectivity index (χ3v) is 6.75. The Balaban J connectivity index is 2.07. The summed E-state index contributed by atoms with van der Waals surface area (Å²) >= 11 is 3.65. The van der Waals surface area contributed by atoms with Crippen LogP contribution in [-0.2, 0) is 10.0 Å². The van der Waals surface area contributed by atoms with Gasteiger partial charge in [0.05, 0.1) is 5.75 Å². The standard InChI is InChI=1S/C13H24BrNO2S/c1-13(2,3)6-7-18(16,17)15-11-4-5-12(15)9-10(14)8-11/h10-12H,4-9H2,1-3H3. The Hall–Kier alpha value is 0.390. The second-order valence-corrected chi connectivity index (χ2v) is 10.2. The van der Waals surface area contributed by atoms with Crippen molar-refractivity contribution in [3.05, 3.63) is 0 Å². The summed E-state index contributed by atoms with van der Waals surface area (Å²) in [7, 11) is -3.06. The van der Waals surface area contributed by atoms with Crippen LogP contribution in [0.1, 0.15) is 52.9 Å². The first-order chi connectivity index (χ1) is 8.19. The molecule has 2 rings (SSSR count). The molecule has 0 aromatic carbocycles. The molecule has 18 heavy (non-hydrogen) atoms. The average Bonchev–Trinajstić information content (AvgIpc) is 2.49. The lowest BCUT2D eigenvalue weighted by atomic mass is 9.94. The number of halogens is 1. The van der Waals surface area contributed by atoms with Gasteiger partial charge in [-0.3, -0.25) is 0 Å². The highest BCUT2D eigenvalue weighted by Crippen LogP contribution is 2.40. The molecule has 0 amide bonds. The maximum Gasteiger partial charge on any atom is 0.214 e. The van der Waals surface area contributed by atoms with Gasteiger partial charge in [0.15, 0.2) is 0 Å². The molecule has 5 heteroatoms. The Bertz CT molecular complexity index is 388. The first kappa shape index (κ1) is 14.8. The molecule has 106 valence electrons. The summed E-state index contributed by atoms with van der Waals surface area (Å²) < 4.78 is 26.9. The van der Waals surface area contributed by atoms with E-state index in [1.165, 1.54) is 0 Å². The van der Waals surface area contributed by atoms with Crippen molar-refractivity contribution < 1.29 is 8.42 Å². The highest BCUT2D eigenvalue weighted by atomic mass is 79.9. The third kappa shape index (κ3) is 3.28. The van der Waals surface area contributed by atoms with Gasteiger partial charge in [-0.25, -0.2) is 8.42 Å². The Morgan fingerprint density at radius 2 is 1.67 bits per heavy atom. The summed E-state index contributed by atoms with van der Waals surface area (Å²) in [6.07, 6.45) is 4.78. The zero-order chi connectivity index (χ0) is 13.6. The summed E-state index contributed by atoms with van der Waals surface area (Å²) in [4.78, 5) is 0.504. The van der Waals surface area contributed by atoms with E-state index in [1.54, 1.807) is 0 Å². The molecule has 2 aliphatic heterocycles. The molecule has 0 radical (unpaired) electrons. The fourth-order valence-corrected chi connectivity index (χ4v) is 6.30. The van der Waals surface area contributed by atoms with Crippen LogP contribution in [0.25, 0.3) is 0 Å². The SMILES string of the molecule is CC(C)(C)CCS(=O)(=O)N1C2CCC1CC(Br)C2. The van der Waals surface area contributed by atoms with Gasteiger partial charge in [0, 0.05) is 16.9 Å². The Morgan fingerprint density at radius 1 is 1.17 bits per heavy atom. The number of nitrogens with zero attached hydrogens (tertiary/aromatic N) is 1. The average molecular weight is 338 g/mol. The van der Waals surface area contributed by atoms with Crippen LogP contribution in [0.4, 0.5) is 0 Å². The molecule has 2 saturated heterocycles. The molecule has 2 heterocycles. The molecule has 0 saturated carbocycles. The Kier molecular flexibility index (Phi) is 4.16. The molecule has 0 aliphatic carbocycles. The van der Waals surface area contributed by atoms with E-state index >= 15 is 0 Å². The van der Waals surface area contributed by atoms with E-state index in [2.05, 4.69) is 36.7 Å². The summed E-state index contributed by atoms with van der Waals surface area (Å²) in [6.45, 7) is 6.30. The minimum atomic E-state index is -3.06. The fourth-order valence-electron chi connectivity index (χ4n) is 3.06. The van der Waals surface area contributed by atoms with Gasteiger partial charge in [0.25, 0.3) is 0 Å². The van der Waals surface area contributed by atoms with Gasteiger partial charge >= 0.3 is 0 Å². The molecule has 0 N–H and O–H groups in total. The van der Waals surface area contributed by atoms with Gasteiger partial charge in [-0.2, -0.15) is 4.31 Å². The molecule has 2 atom stereocenters. The van der Waals surface area contributed by atoms with Crippen LogP contribution < -0.4 is 0 Å². The molecule has 0 spiro atoms. The van der Waals surface area contributed by atoms with Crippen LogP contribution in [0.5, 0.6) is 0 Å². The molecular weight excluding hydrogens is 314 g/mol.